The van der Waals surface area contributed by atoms with Crippen LogP contribution in [0.4, 0.5) is 0 Å². The summed E-state index contributed by atoms with van der Waals surface area (Å²) in [5.74, 6) is 2.33. The number of nitrogens with zero attached hydrogens (tertiary/aromatic N) is 2. The number of thiol groups is 1. The van der Waals surface area contributed by atoms with Gasteiger partial charge in [-0.2, -0.15) is 0 Å². The van der Waals surface area contributed by atoms with Crippen LogP contribution in [0.1, 0.15) is 36.8 Å². The third-order valence-corrected chi connectivity index (χ3v) is 6.28. The molecule has 0 saturated heterocycles. The average molecular weight is 388 g/mol. The van der Waals surface area contributed by atoms with Gasteiger partial charge in [0.25, 0.3) is 0 Å². The fourth-order valence-corrected chi connectivity index (χ4v) is 4.26. The van der Waals surface area contributed by atoms with E-state index in [-0.39, 0.29) is 6.17 Å². The minimum Gasteiger partial charge on any atom is -0.332 e. The summed E-state index contributed by atoms with van der Waals surface area (Å²) in [6.07, 6.45) is 7.07. The molecule has 6 heteroatoms. The Morgan fingerprint density at radius 2 is 1.93 bits per heavy atom. The molecule has 3 rings (SSSR count). The molecule has 1 aliphatic carbocycles. The van der Waals surface area contributed by atoms with Gasteiger partial charge in [0.2, 0.25) is 0 Å². The number of benzene rings is 1. The van der Waals surface area contributed by atoms with Gasteiger partial charge in [0.15, 0.2) is 5.96 Å². The summed E-state index contributed by atoms with van der Waals surface area (Å²) in [4.78, 5) is 7.93. The van der Waals surface area contributed by atoms with Gasteiger partial charge in [0.1, 0.15) is 6.17 Å². The standard InChI is InChI=1S/C21H33N5S/c1-15-5-3-4-6-18(15)13-24-21-25-14-19(27)20(26(21)2)23-12-17-9-7-16(11-22)8-10-17/h3-6,14,16-17,20,23,27H,7-13,22H2,1-2H3,(H,24,25). The molecule has 0 radical (unpaired) electrons. The second kappa shape index (κ2) is 9.62. The molecule has 148 valence electrons. The van der Waals surface area contributed by atoms with E-state index in [0.717, 1.165) is 35.8 Å². The maximum atomic E-state index is 5.81. The van der Waals surface area contributed by atoms with Crippen molar-refractivity contribution in [2.24, 2.45) is 22.6 Å². The van der Waals surface area contributed by atoms with Crippen LogP contribution in [0.15, 0.2) is 40.4 Å². The van der Waals surface area contributed by atoms with Crippen LogP contribution >= 0.6 is 12.6 Å². The van der Waals surface area contributed by atoms with Crippen LogP contribution in [0, 0.1) is 18.8 Å². The van der Waals surface area contributed by atoms with E-state index < -0.39 is 0 Å². The Morgan fingerprint density at radius 3 is 2.63 bits per heavy atom. The van der Waals surface area contributed by atoms with E-state index in [1.54, 1.807) is 0 Å². The first-order chi connectivity index (χ1) is 13.1. The summed E-state index contributed by atoms with van der Waals surface area (Å²) in [6, 6.07) is 8.39. The van der Waals surface area contributed by atoms with Gasteiger partial charge in [0, 0.05) is 24.7 Å². The van der Waals surface area contributed by atoms with Gasteiger partial charge in [-0.1, -0.05) is 24.3 Å². The highest BCUT2D eigenvalue weighted by Crippen LogP contribution is 2.28. The van der Waals surface area contributed by atoms with Crippen LogP contribution in [0.2, 0.25) is 0 Å². The van der Waals surface area contributed by atoms with E-state index in [4.69, 9.17) is 10.7 Å². The fourth-order valence-electron chi connectivity index (χ4n) is 3.94. The van der Waals surface area contributed by atoms with E-state index in [2.05, 4.69) is 66.4 Å². The summed E-state index contributed by atoms with van der Waals surface area (Å²) < 4.78 is 0. The predicted molar refractivity (Wildman–Crippen MR) is 117 cm³/mol. The van der Waals surface area contributed by atoms with Gasteiger partial charge in [-0.25, -0.2) is 4.99 Å². The lowest BCUT2D eigenvalue weighted by molar-refractivity contribution is 0.248. The molecule has 27 heavy (non-hydrogen) atoms. The Balaban J connectivity index is 1.57. The van der Waals surface area contributed by atoms with Crippen molar-refractivity contribution < 1.29 is 0 Å². The van der Waals surface area contributed by atoms with E-state index >= 15 is 0 Å². The number of rotatable bonds is 6. The molecule has 0 amide bonds. The lowest BCUT2D eigenvalue weighted by Crippen LogP contribution is -2.54. The first kappa shape index (κ1) is 20.2. The zero-order valence-electron chi connectivity index (χ0n) is 16.5. The van der Waals surface area contributed by atoms with Crippen LogP contribution in [0.25, 0.3) is 0 Å². The van der Waals surface area contributed by atoms with E-state index in [1.165, 1.54) is 36.8 Å². The van der Waals surface area contributed by atoms with Crippen LogP contribution in [-0.4, -0.2) is 37.2 Å². The third kappa shape index (κ3) is 5.27. The van der Waals surface area contributed by atoms with Crippen LogP contribution in [-0.2, 0) is 6.54 Å². The number of hydrogen-bond acceptors (Lipinski definition) is 4. The topological polar surface area (TPSA) is 65.7 Å². The predicted octanol–water partition coefficient (Wildman–Crippen LogP) is 2.84. The van der Waals surface area contributed by atoms with Crippen molar-refractivity contribution in [1.29, 1.82) is 0 Å². The molecule has 1 fully saturated rings. The number of nitrogens with two attached hydrogens (primary N) is 1. The smallest absolute Gasteiger partial charge is 0.199 e. The number of aryl methyl sites for hydroxylation is 1. The van der Waals surface area contributed by atoms with Crippen LogP contribution in [0.5, 0.6) is 0 Å². The van der Waals surface area contributed by atoms with Crippen molar-refractivity contribution >= 4 is 18.6 Å². The van der Waals surface area contributed by atoms with E-state index in [9.17, 15) is 0 Å². The highest BCUT2D eigenvalue weighted by molar-refractivity contribution is 7.84. The first-order valence-corrected chi connectivity index (χ1v) is 10.4. The van der Waals surface area contributed by atoms with Crippen molar-refractivity contribution in [3.8, 4) is 0 Å². The van der Waals surface area contributed by atoms with Crippen molar-refractivity contribution in [2.45, 2.75) is 45.3 Å². The zero-order chi connectivity index (χ0) is 19.2. The molecule has 1 saturated carbocycles. The Bertz CT molecular complexity index is 679. The van der Waals surface area contributed by atoms with E-state index in [0.29, 0.717) is 6.54 Å². The first-order valence-electron chi connectivity index (χ1n) is 9.99. The van der Waals surface area contributed by atoms with E-state index in [1.807, 2.05) is 6.20 Å². The lowest BCUT2D eigenvalue weighted by atomic mass is 9.82. The molecular formula is C21H33N5S. The highest BCUT2D eigenvalue weighted by atomic mass is 32.1. The second-order valence-corrected chi connectivity index (χ2v) is 8.34. The van der Waals surface area contributed by atoms with Crippen LogP contribution in [0.3, 0.4) is 0 Å². The van der Waals surface area contributed by atoms with Crippen molar-refractivity contribution in [1.82, 2.24) is 15.5 Å². The molecule has 0 bridgehead atoms. The molecule has 2 aliphatic rings. The van der Waals surface area contributed by atoms with Gasteiger partial charge in [-0.15, -0.1) is 12.6 Å². The Kier molecular flexibility index (Phi) is 7.21. The summed E-state index contributed by atoms with van der Waals surface area (Å²) >= 11 is 4.66. The average Bonchev–Trinajstić information content (AvgIpc) is 2.69. The minimum absolute atomic E-state index is 0.0671. The Hall–Kier alpha value is -1.50. The third-order valence-electron chi connectivity index (χ3n) is 5.91. The van der Waals surface area contributed by atoms with Crippen molar-refractivity contribution in [3.05, 3.63) is 46.5 Å². The number of aliphatic imine (C=N–C) groups is 1. The summed E-state index contributed by atoms with van der Waals surface area (Å²) in [7, 11) is 2.07. The number of hydrogen-bond donors (Lipinski definition) is 4. The molecule has 1 unspecified atom stereocenters. The molecule has 0 aromatic heterocycles. The molecule has 0 spiro atoms. The van der Waals surface area contributed by atoms with Gasteiger partial charge in [-0.3, -0.25) is 5.32 Å². The maximum Gasteiger partial charge on any atom is 0.199 e. The molecular weight excluding hydrogens is 354 g/mol. The Labute approximate surface area is 168 Å². The fraction of sp³-hybridized carbons (Fsp3) is 0.571. The molecule has 1 atom stereocenters. The van der Waals surface area contributed by atoms with Gasteiger partial charge in [0.05, 0.1) is 6.54 Å². The maximum absolute atomic E-state index is 5.81. The van der Waals surface area contributed by atoms with Crippen molar-refractivity contribution in [3.63, 3.8) is 0 Å². The molecule has 1 aromatic carbocycles. The molecule has 1 heterocycles. The molecule has 1 aromatic rings. The van der Waals surface area contributed by atoms with Gasteiger partial charge < -0.3 is 16.0 Å². The summed E-state index contributed by atoms with van der Waals surface area (Å²) in [5.41, 5.74) is 8.33. The molecule has 4 N–H and O–H groups in total. The normalized spacial score (nSPS) is 27.4. The number of likely N-dealkylation sites (N-methyl/N-ethyl adjacent to an activating group) is 1. The summed E-state index contributed by atoms with van der Waals surface area (Å²) in [5, 5.41) is 6.97. The minimum atomic E-state index is 0.0671. The molecule has 5 nitrogen and oxygen atoms in total. The monoisotopic (exact) mass is 387 g/mol. The second-order valence-electron chi connectivity index (χ2n) is 7.82. The van der Waals surface area contributed by atoms with Gasteiger partial charge in [-0.05, 0) is 62.1 Å². The quantitative estimate of drug-likeness (QED) is 0.567. The largest absolute Gasteiger partial charge is 0.332 e. The van der Waals surface area contributed by atoms with Crippen molar-refractivity contribution in [2.75, 3.05) is 20.1 Å². The highest BCUT2D eigenvalue weighted by Gasteiger charge is 2.26. The molecule has 1 aliphatic heterocycles. The number of nitrogens with one attached hydrogen (secondary N) is 2. The SMILES string of the molecule is Cc1ccccc1CN=C1NC=C(S)C(NCC2CCC(CN)CC2)N1C. The summed E-state index contributed by atoms with van der Waals surface area (Å²) in [6.45, 7) is 4.64. The van der Waals surface area contributed by atoms with Crippen LogP contribution < -0.4 is 16.4 Å². The van der Waals surface area contributed by atoms with Gasteiger partial charge >= 0.3 is 0 Å². The lowest BCUT2D eigenvalue weighted by Gasteiger charge is -2.37. The zero-order valence-corrected chi connectivity index (χ0v) is 17.4. The Morgan fingerprint density at radius 1 is 1.22 bits per heavy atom. The number of guanidine groups is 1.